The Bertz CT molecular complexity index is 840. The van der Waals surface area contributed by atoms with E-state index < -0.39 is 0 Å². The highest BCUT2D eigenvalue weighted by atomic mass is 32.1. The van der Waals surface area contributed by atoms with E-state index in [4.69, 9.17) is 12.2 Å². The third-order valence-electron chi connectivity index (χ3n) is 5.17. The topological polar surface area (TPSA) is 56.6 Å². The third-order valence-corrected chi connectivity index (χ3v) is 5.47. The Hall–Kier alpha value is -2.38. The van der Waals surface area contributed by atoms with Crippen LogP contribution in [0.4, 0.5) is 5.69 Å². The van der Waals surface area contributed by atoms with Gasteiger partial charge in [-0.3, -0.25) is 15.4 Å². The number of hydrazone groups is 1. The molecule has 27 heavy (non-hydrogen) atoms. The van der Waals surface area contributed by atoms with Crippen molar-refractivity contribution >= 4 is 28.6 Å². The number of aryl methyl sites for hydroxylation is 1. The van der Waals surface area contributed by atoms with Gasteiger partial charge in [-0.25, -0.2) is 0 Å². The van der Waals surface area contributed by atoms with Crippen molar-refractivity contribution in [1.29, 1.82) is 0 Å². The number of hydrogen-bond donors (Lipinski definition) is 1. The summed E-state index contributed by atoms with van der Waals surface area (Å²) in [6.07, 6.45) is 6.77. The van der Waals surface area contributed by atoms with Crippen molar-refractivity contribution in [2.45, 2.75) is 19.3 Å². The van der Waals surface area contributed by atoms with Gasteiger partial charge in [0.05, 0.1) is 29.0 Å². The molecule has 1 N–H and O–H groups in total. The van der Waals surface area contributed by atoms with Crippen molar-refractivity contribution in [2.75, 3.05) is 38.1 Å². The molecule has 140 valence electrons. The van der Waals surface area contributed by atoms with Gasteiger partial charge >= 0.3 is 0 Å². The predicted octanol–water partition coefficient (Wildman–Crippen LogP) is 2.23. The zero-order valence-electron chi connectivity index (χ0n) is 15.6. The van der Waals surface area contributed by atoms with Gasteiger partial charge in [0.1, 0.15) is 4.99 Å². The second-order valence-electron chi connectivity index (χ2n) is 7.06. The van der Waals surface area contributed by atoms with Gasteiger partial charge in [0.25, 0.3) is 0 Å². The number of aromatic nitrogens is 2. The Morgan fingerprint density at radius 2 is 1.96 bits per heavy atom. The number of nitrogens with zero attached hydrogens (tertiary/aromatic N) is 5. The lowest BCUT2D eigenvalue weighted by Crippen LogP contribution is -2.44. The molecule has 0 atom stereocenters. The summed E-state index contributed by atoms with van der Waals surface area (Å²) >= 11 is 5.48. The van der Waals surface area contributed by atoms with E-state index in [1.165, 1.54) is 5.56 Å². The maximum Gasteiger partial charge on any atom is 0.145 e. The van der Waals surface area contributed by atoms with Crippen LogP contribution in [-0.4, -0.2) is 58.8 Å². The summed E-state index contributed by atoms with van der Waals surface area (Å²) in [5.41, 5.74) is 8.10. The van der Waals surface area contributed by atoms with E-state index in [1.807, 2.05) is 24.5 Å². The molecular formula is C20H24N6S. The van der Waals surface area contributed by atoms with Crippen LogP contribution in [0.3, 0.4) is 0 Å². The number of rotatable bonds is 3. The minimum absolute atomic E-state index is 0.537. The Morgan fingerprint density at radius 1 is 1.11 bits per heavy atom. The molecule has 6 nitrogen and oxygen atoms in total. The molecule has 7 heteroatoms. The first-order chi connectivity index (χ1) is 13.2. The normalized spacial score (nSPS) is 19.0. The van der Waals surface area contributed by atoms with E-state index in [0.717, 1.165) is 68.2 Å². The van der Waals surface area contributed by atoms with Crippen molar-refractivity contribution in [2.24, 2.45) is 5.10 Å². The van der Waals surface area contributed by atoms with E-state index in [9.17, 15) is 0 Å². The fourth-order valence-electron chi connectivity index (χ4n) is 3.52. The van der Waals surface area contributed by atoms with Crippen LogP contribution < -0.4 is 10.3 Å². The van der Waals surface area contributed by atoms with Crippen LogP contribution in [-0.2, 0) is 6.42 Å². The van der Waals surface area contributed by atoms with E-state index >= 15 is 0 Å². The summed E-state index contributed by atoms with van der Waals surface area (Å²) in [4.78, 5) is 14.3. The number of piperazine rings is 1. The van der Waals surface area contributed by atoms with E-state index in [-0.39, 0.29) is 0 Å². The van der Waals surface area contributed by atoms with Crippen LogP contribution >= 0.6 is 12.2 Å². The van der Waals surface area contributed by atoms with E-state index in [0.29, 0.717) is 4.99 Å². The predicted molar refractivity (Wildman–Crippen MR) is 112 cm³/mol. The fourth-order valence-corrected chi connectivity index (χ4v) is 3.69. The van der Waals surface area contributed by atoms with Gasteiger partial charge in [-0.2, -0.15) is 5.10 Å². The molecule has 2 aromatic rings. The molecule has 1 saturated heterocycles. The molecule has 2 aliphatic rings. The van der Waals surface area contributed by atoms with Crippen molar-refractivity contribution in [3.05, 3.63) is 53.6 Å². The van der Waals surface area contributed by atoms with Gasteiger partial charge in [0.2, 0.25) is 0 Å². The SMILES string of the molecule is CN1CCN(c2ccc(C(=S)N/N=C3/CCCc4cccnc43)nc2)CC1. The molecule has 0 saturated carbocycles. The van der Waals surface area contributed by atoms with Gasteiger partial charge in [-0.05, 0) is 50.1 Å². The summed E-state index contributed by atoms with van der Waals surface area (Å²) in [6, 6.07) is 8.15. The Labute approximate surface area is 165 Å². The maximum atomic E-state index is 5.48. The molecule has 0 aromatic carbocycles. The van der Waals surface area contributed by atoms with Crippen LogP contribution in [0.2, 0.25) is 0 Å². The lowest BCUT2D eigenvalue weighted by atomic mass is 9.95. The van der Waals surface area contributed by atoms with Gasteiger partial charge in [0, 0.05) is 32.4 Å². The van der Waals surface area contributed by atoms with Gasteiger partial charge in [-0.1, -0.05) is 18.3 Å². The average Bonchev–Trinajstić information content (AvgIpc) is 2.72. The number of pyridine rings is 2. The first-order valence-corrected chi connectivity index (χ1v) is 9.82. The summed E-state index contributed by atoms with van der Waals surface area (Å²) in [6.45, 7) is 4.21. The van der Waals surface area contributed by atoms with E-state index in [1.54, 1.807) is 0 Å². The second kappa shape index (κ2) is 8.10. The maximum absolute atomic E-state index is 5.48. The summed E-state index contributed by atoms with van der Waals surface area (Å²) in [5.74, 6) is 0. The first kappa shape index (κ1) is 18.0. The lowest BCUT2D eigenvalue weighted by molar-refractivity contribution is 0.313. The molecule has 2 aromatic heterocycles. The molecule has 0 radical (unpaired) electrons. The smallest absolute Gasteiger partial charge is 0.145 e. The number of likely N-dealkylation sites (N-methyl/N-ethyl adjacent to an activating group) is 1. The summed E-state index contributed by atoms with van der Waals surface area (Å²) < 4.78 is 0. The minimum atomic E-state index is 0.537. The van der Waals surface area contributed by atoms with Crippen LogP contribution in [0, 0.1) is 0 Å². The molecular weight excluding hydrogens is 356 g/mol. The van der Waals surface area contributed by atoms with Crippen molar-refractivity contribution in [3.8, 4) is 0 Å². The van der Waals surface area contributed by atoms with E-state index in [2.05, 4.69) is 49.5 Å². The van der Waals surface area contributed by atoms with Gasteiger partial charge in [0.15, 0.2) is 0 Å². The average molecular weight is 381 g/mol. The van der Waals surface area contributed by atoms with Gasteiger partial charge < -0.3 is 9.80 Å². The molecule has 0 bridgehead atoms. The molecule has 1 aliphatic heterocycles. The second-order valence-corrected chi connectivity index (χ2v) is 7.46. The molecule has 4 rings (SSSR count). The van der Waals surface area contributed by atoms with Crippen molar-refractivity contribution in [1.82, 2.24) is 20.3 Å². The van der Waals surface area contributed by atoms with Crippen LogP contribution in [0.1, 0.15) is 29.8 Å². The zero-order chi connectivity index (χ0) is 18.6. The number of nitrogens with one attached hydrogen (secondary N) is 1. The number of anilines is 1. The summed E-state index contributed by atoms with van der Waals surface area (Å²) in [7, 11) is 2.16. The van der Waals surface area contributed by atoms with Crippen molar-refractivity contribution in [3.63, 3.8) is 0 Å². The fraction of sp³-hybridized carbons (Fsp3) is 0.400. The monoisotopic (exact) mass is 380 g/mol. The standard InChI is InChI=1S/C20H24N6S/c1-25-10-12-26(13-11-25)16-7-8-18(22-14-16)20(27)24-23-17-6-2-4-15-5-3-9-21-19(15)17/h3,5,7-9,14H,2,4,6,10-13H2,1H3,(H,24,27)/b23-17-. The first-order valence-electron chi connectivity index (χ1n) is 9.41. The lowest BCUT2D eigenvalue weighted by Gasteiger charge is -2.33. The highest BCUT2D eigenvalue weighted by molar-refractivity contribution is 7.80. The molecule has 0 amide bonds. The quantitative estimate of drug-likeness (QED) is 0.651. The highest BCUT2D eigenvalue weighted by Crippen LogP contribution is 2.19. The number of hydrogen-bond acceptors (Lipinski definition) is 6. The Morgan fingerprint density at radius 3 is 2.74 bits per heavy atom. The highest BCUT2D eigenvalue weighted by Gasteiger charge is 2.17. The number of thiocarbonyl (C=S) groups is 1. The molecule has 1 aliphatic carbocycles. The van der Waals surface area contributed by atoms with Crippen LogP contribution in [0.5, 0.6) is 0 Å². The largest absolute Gasteiger partial charge is 0.368 e. The molecule has 0 unspecified atom stereocenters. The van der Waals surface area contributed by atoms with Crippen LogP contribution in [0.15, 0.2) is 41.8 Å². The Balaban J connectivity index is 1.42. The molecule has 1 fully saturated rings. The van der Waals surface area contributed by atoms with Gasteiger partial charge in [-0.15, -0.1) is 0 Å². The zero-order valence-corrected chi connectivity index (χ0v) is 16.4. The minimum Gasteiger partial charge on any atom is -0.368 e. The third kappa shape index (κ3) is 4.14. The number of fused-ring (bicyclic) bond motifs is 1. The molecule has 3 heterocycles. The van der Waals surface area contributed by atoms with Crippen molar-refractivity contribution < 1.29 is 0 Å². The van der Waals surface area contributed by atoms with Crippen LogP contribution in [0.25, 0.3) is 0 Å². The molecule has 0 spiro atoms. The Kier molecular flexibility index (Phi) is 5.40. The summed E-state index contributed by atoms with van der Waals surface area (Å²) in [5, 5.41) is 4.53.